The van der Waals surface area contributed by atoms with Gasteiger partial charge in [0.2, 0.25) is 11.8 Å². The summed E-state index contributed by atoms with van der Waals surface area (Å²) in [7, 11) is 1.44. The van der Waals surface area contributed by atoms with Crippen molar-refractivity contribution in [2.24, 2.45) is 5.73 Å². The van der Waals surface area contributed by atoms with Crippen molar-refractivity contribution >= 4 is 17.8 Å². The number of rotatable bonds is 5. The largest absolute Gasteiger partial charge is 0.464 e. The van der Waals surface area contributed by atoms with Crippen molar-refractivity contribution in [2.45, 2.75) is 25.9 Å². The van der Waals surface area contributed by atoms with E-state index >= 15 is 0 Å². The van der Waals surface area contributed by atoms with Crippen LogP contribution < -0.4 is 16.4 Å². The minimum atomic E-state index is -1.41. The third kappa shape index (κ3) is 4.26. The standard InChI is InChI=1S/C9H17N3O4/c1-4-16-9(15)6(10)8(14)12-5(2)7(13)11-3/h5-6H,4,10H2,1-3H3,(H,11,13)(H,12,14). The number of carbonyl (C=O) groups is 3. The molecule has 0 aromatic heterocycles. The van der Waals surface area contributed by atoms with Crippen LogP contribution in [0, 0.1) is 0 Å². The Balaban J connectivity index is 4.25. The van der Waals surface area contributed by atoms with E-state index in [1.54, 1.807) is 6.92 Å². The Morgan fingerprint density at radius 3 is 2.31 bits per heavy atom. The van der Waals surface area contributed by atoms with Crippen molar-refractivity contribution in [1.29, 1.82) is 0 Å². The van der Waals surface area contributed by atoms with Crippen LogP contribution in [0.1, 0.15) is 13.8 Å². The summed E-state index contributed by atoms with van der Waals surface area (Å²) in [5.74, 6) is -1.93. The molecule has 2 unspecified atom stereocenters. The zero-order valence-electron chi connectivity index (χ0n) is 9.57. The van der Waals surface area contributed by atoms with Gasteiger partial charge < -0.3 is 21.1 Å². The second-order valence-electron chi connectivity index (χ2n) is 3.07. The Morgan fingerprint density at radius 2 is 1.88 bits per heavy atom. The lowest BCUT2D eigenvalue weighted by Crippen LogP contribution is -2.52. The van der Waals surface area contributed by atoms with Crippen LogP contribution in [0.15, 0.2) is 0 Å². The molecular weight excluding hydrogens is 214 g/mol. The highest BCUT2D eigenvalue weighted by Crippen LogP contribution is 1.89. The lowest BCUT2D eigenvalue weighted by molar-refractivity contribution is -0.148. The minimum absolute atomic E-state index is 0.144. The maximum Gasteiger partial charge on any atom is 0.332 e. The Kier molecular flexibility index (Phi) is 6.09. The van der Waals surface area contributed by atoms with Crippen molar-refractivity contribution in [1.82, 2.24) is 10.6 Å². The van der Waals surface area contributed by atoms with Gasteiger partial charge in [-0.1, -0.05) is 0 Å². The number of esters is 1. The quantitative estimate of drug-likeness (QED) is 0.379. The van der Waals surface area contributed by atoms with Crippen LogP contribution in [0.25, 0.3) is 0 Å². The molecule has 0 heterocycles. The van der Waals surface area contributed by atoms with Crippen molar-refractivity contribution in [2.75, 3.05) is 13.7 Å². The van der Waals surface area contributed by atoms with Crippen LogP contribution in [0.4, 0.5) is 0 Å². The maximum atomic E-state index is 11.4. The predicted octanol–water partition coefficient (Wildman–Crippen LogP) is -1.87. The highest BCUT2D eigenvalue weighted by Gasteiger charge is 2.25. The highest BCUT2D eigenvalue weighted by molar-refractivity contribution is 6.03. The Bertz CT molecular complexity index is 280. The predicted molar refractivity (Wildman–Crippen MR) is 56.3 cm³/mol. The van der Waals surface area contributed by atoms with Gasteiger partial charge in [-0.2, -0.15) is 0 Å². The molecule has 0 aromatic carbocycles. The molecule has 0 aliphatic heterocycles. The van der Waals surface area contributed by atoms with Crippen molar-refractivity contribution < 1.29 is 19.1 Å². The van der Waals surface area contributed by atoms with E-state index in [1.165, 1.54) is 14.0 Å². The number of nitrogens with two attached hydrogens (primary N) is 1. The summed E-state index contributed by atoms with van der Waals surface area (Å²) in [5, 5.41) is 4.65. The first kappa shape index (κ1) is 14.4. The number of likely N-dealkylation sites (N-methyl/N-ethyl adjacent to an activating group) is 1. The lowest BCUT2D eigenvalue weighted by Gasteiger charge is -2.15. The fraction of sp³-hybridized carbons (Fsp3) is 0.667. The lowest BCUT2D eigenvalue weighted by atomic mass is 10.2. The Labute approximate surface area is 93.7 Å². The summed E-state index contributed by atoms with van der Waals surface area (Å²) in [6.07, 6.45) is 0. The smallest absolute Gasteiger partial charge is 0.332 e. The monoisotopic (exact) mass is 231 g/mol. The first-order valence-electron chi connectivity index (χ1n) is 4.88. The van der Waals surface area contributed by atoms with Crippen LogP contribution in [0.5, 0.6) is 0 Å². The van der Waals surface area contributed by atoms with E-state index in [-0.39, 0.29) is 12.5 Å². The third-order valence-corrected chi connectivity index (χ3v) is 1.82. The molecule has 2 amide bonds. The SMILES string of the molecule is CCOC(=O)C(N)C(=O)NC(C)C(=O)NC. The molecule has 0 radical (unpaired) electrons. The topological polar surface area (TPSA) is 111 Å². The molecule has 0 rings (SSSR count). The summed E-state index contributed by atoms with van der Waals surface area (Å²) in [6.45, 7) is 3.23. The summed E-state index contributed by atoms with van der Waals surface area (Å²) < 4.78 is 4.57. The van der Waals surface area contributed by atoms with E-state index in [0.29, 0.717) is 0 Å². The van der Waals surface area contributed by atoms with E-state index < -0.39 is 24.0 Å². The zero-order valence-corrected chi connectivity index (χ0v) is 9.57. The van der Waals surface area contributed by atoms with Crippen molar-refractivity contribution in [3.8, 4) is 0 Å². The van der Waals surface area contributed by atoms with Crippen molar-refractivity contribution in [3.05, 3.63) is 0 Å². The van der Waals surface area contributed by atoms with Crippen LogP contribution >= 0.6 is 0 Å². The van der Waals surface area contributed by atoms with Gasteiger partial charge in [-0.05, 0) is 13.8 Å². The average Bonchev–Trinajstić information content (AvgIpc) is 2.26. The Morgan fingerprint density at radius 1 is 1.31 bits per heavy atom. The van der Waals surface area contributed by atoms with Gasteiger partial charge in [-0.25, -0.2) is 4.79 Å². The molecule has 16 heavy (non-hydrogen) atoms. The Hall–Kier alpha value is -1.63. The molecule has 0 aromatic rings. The van der Waals surface area contributed by atoms with Gasteiger partial charge in [0.1, 0.15) is 6.04 Å². The summed E-state index contributed by atoms with van der Waals surface area (Å²) >= 11 is 0. The molecular formula is C9H17N3O4. The molecule has 0 saturated carbocycles. The molecule has 7 nitrogen and oxygen atoms in total. The van der Waals surface area contributed by atoms with Crippen molar-refractivity contribution in [3.63, 3.8) is 0 Å². The van der Waals surface area contributed by atoms with Gasteiger partial charge in [0, 0.05) is 7.05 Å². The number of amides is 2. The van der Waals surface area contributed by atoms with Gasteiger partial charge >= 0.3 is 5.97 Å². The number of ether oxygens (including phenoxy) is 1. The highest BCUT2D eigenvalue weighted by atomic mass is 16.5. The second kappa shape index (κ2) is 6.78. The number of carbonyl (C=O) groups excluding carboxylic acids is 3. The van der Waals surface area contributed by atoms with Crippen LogP contribution in [-0.4, -0.2) is 43.5 Å². The first-order valence-corrected chi connectivity index (χ1v) is 4.88. The molecule has 0 saturated heterocycles. The maximum absolute atomic E-state index is 11.4. The molecule has 0 bridgehead atoms. The molecule has 2 atom stereocenters. The van der Waals surface area contributed by atoms with E-state index in [9.17, 15) is 14.4 Å². The number of hydrogen-bond donors (Lipinski definition) is 3. The molecule has 7 heteroatoms. The zero-order chi connectivity index (χ0) is 12.7. The minimum Gasteiger partial charge on any atom is -0.464 e. The second-order valence-corrected chi connectivity index (χ2v) is 3.07. The third-order valence-electron chi connectivity index (χ3n) is 1.82. The van der Waals surface area contributed by atoms with Crippen LogP contribution in [0.2, 0.25) is 0 Å². The first-order chi connectivity index (χ1) is 7.43. The van der Waals surface area contributed by atoms with Gasteiger partial charge in [0.15, 0.2) is 6.04 Å². The van der Waals surface area contributed by atoms with Gasteiger partial charge in [-0.3, -0.25) is 9.59 Å². The number of nitrogens with one attached hydrogen (secondary N) is 2. The molecule has 0 aliphatic rings. The fourth-order valence-corrected chi connectivity index (χ4v) is 0.924. The van der Waals surface area contributed by atoms with Gasteiger partial charge in [-0.15, -0.1) is 0 Å². The van der Waals surface area contributed by atoms with Gasteiger partial charge in [0.25, 0.3) is 0 Å². The summed E-state index contributed by atoms with van der Waals surface area (Å²) in [4.78, 5) is 33.6. The summed E-state index contributed by atoms with van der Waals surface area (Å²) in [6, 6.07) is -2.16. The molecule has 92 valence electrons. The molecule has 0 spiro atoms. The number of hydrogen-bond acceptors (Lipinski definition) is 5. The van der Waals surface area contributed by atoms with E-state index in [4.69, 9.17) is 5.73 Å². The van der Waals surface area contributed by atoms with E-state index in [1.807, 2.05) is 0 Å². The fourth-order valence-electron chi connectivity index (χ4n) is 0.924. The molecule has 4 N–H and O–H groups in total. The normalized spacial score (nSPS) is 13.5. The van der Waals surface area contributed by atoms with Crippen LogP contribution in [-0.2, 0) is 19.1 Å². The average molecular weight is 231 g/mol. The van der Waals surface area contributed by atoms with Gasteiger partial charge in [0.05, 0.1) is 6.61 Å². The van der Waals surface area contributed by atoms with E-state index in [2.05, 4.69) is 15.4 Å². The molecule has 0 fully saturated rings. The summed E-state index contributed by atoms with van der Waals surface area (Å²) in [5.41, 5.74) is 5.32. The molecule has 0 aliphatic carbocycles. The van der Waals surface area contributed by atoms with Crippen LogP contribution in [0.3, 0.4) is 0 Å². The van der Waals surface area contributed by atoms with E-state index in [0.717, 1.165) is 0 Å².